The van der Waals surface area contributed by atoms with E-state index in [1.165, 1.54) is 11.8 Å². The first kappa shape index (κ1) is 17.1. The van der Waals surface area contributed by atoms with Gasteiger partial charge in [-0.15, -0.1) is 0 Å². The molecule has 0 unspecified atom stereocenters. The molecule has 0 fully saturated rings. The fraction of sp³-hybridized carbons (Fsp3) is 0.818. The van der Waals surface area contributed by atoms with Crippen molar-refractivity contribution in [1.82, 2.24) is 10.2 Å². The van der Waals surface area contributed by atoms with Crippen LogP contribution < -0.4 is 5.32 Å². The van der Waals surface area contributed by atoms with E-state index >= 15 is 0 Å². The maximum Gasteiger partial charge on any atom is 0.230 e. The molecule has 1 N–H and O–H groups in total. The van der Waals surface area contributed by atoms with Crippen molar-refractivity contribution < 1.29 is 4.79 Å². The normalized spacial score (nSPS) is 11.1. The first-order chi connectivity index (χ1) is 7.72. The monoisotopic (exact) mass is 294 g/mol. The molecular weight excluding hydrogens is 272 g/mol. The van der Waals surface area contributed by atoms with E-state index < -0.39 is 0 Å². The number of hydrogen-bond donors (Lipinski definition) is 1. The van der Waals surface area contributed by atoms with Gasteiger partial charge in [0.1, 0.15) is 4.32 Å². The Morgan fingerprint density at radius 1 is 1.35 bits per heavy atom. The van der Waals surface area contributed by atoms with Crippen LogP contribution in [-0.2, 0) is 4.79 Å². The zero-order chi connectivity index (χ0) is 13.5. The fourth-order valence-electron chi connectivity index (χ4n) is 0.855. The predicted molar refractivity (Wildman–Crippen MR) is 84.0 cm³/mol. The number of thiocarbonyl (C=S) groups is 1. The lowest BCUT2D eigenvalue weighted by atomic mass is 10.3. The van der Waals surface area contributed by atoms with Gasteiger partial charge in [0, 0.05) is 31.1 Å². The van der Waals surface area contributed by atoms with Crippen LogP contribution in [0.5, 0.6) is 0 Å². The maximum absolute atomic E-state index is 11.5. The smallest absolute Gasteiger partial charge is 0.230 e. The number of nitrogens with zero attached hydrogens (tertiary/aromatic N) is 1. The Labute approximate surface area is 118 Å². The highest BCUT2D eigenvalue weighted by atomic mass is 32.2. The SMILES string of the molecule is CN(C)C(=S)SCC(=O)NCCSC(C)(C)C. The molecule has 1 amide bonds. The number of rotatable bonds is 5. The quantitative estimate of drug-likeness (QED) is 0.621. The number of carbonyl (C=O) groups is 1. The fourth-order valence-corrected chi connectivity index (χ4v) is 2.46. The molecule has 0 aromatic carbocycles. The van der Waals surface area contributed by atoms with Gasteiger partial charge >= 0.3 is 0 Å². The van der Waals surface area contributed by atoms with Crippen LogP contribution in [0.2, 0.25) is 0 Å². The molecule has 0 atom stereocenters. The lowest BCUT2D eigenvalue weighted by molar-refractivity contribution is -0.118. The van der Waals surface area contributed by atoms with Crippen LogP contribution in [0.15, 0.2) is 0 Å². The molecule has 0 saturated carbocycles. The number of nitrogens with one attached hydrogen (secondary N) is 1. The molecule has 0 spiro atoms. The van der Waals surface area contributed by atoms with Crippen molar-refractivity contribution >= 4 is 46.0 Å². The van der Waals surface area contributed by atoms with Gasteiger partial charge in [-0.3, -0.25) is 4.79 Å². The lowest BCUT2D eigenvalue weighted by Gasteiger charge is -2.17. The Hall–Kier alpha value is 0.0600. The van der Waals surface area contributed by atoms with E-state index in [-0.39, 0.29) is 10.7 Å². The molecule has 0 aromatic heterocycles. The van der Waals surface area contributed by atoms with Crippen LogP contribution >= 0.6 is 35.7 Å². The number of thioether (sulfide) groups is 2. The van der Waals surface area contributed by atoms with Crippen LogP contribution in [0.1, 0.15) is 20.8 Å². The summed E-state index contributed by atoms with van der Waals surface area (Å²) in [4.78, 5) is 13.3. The third-order valence-corrected chi connectivity index (χ3v) is 4.66. The average molecular weight is 295 g/mol. The van der Waals surface area contributed by atoms with Gasteiger partial charge in [0.05, 0.1) is 5.75 Å². The van der Waals surface area contributed by atoms with E-state index in [0.29, 0.717) is 5.75 Å². The highest BCUT2D eigenvalue weighted by Crippen LogP contribution is 2.21. The molecule has 0 aliphatic rings. The van der Waals surface area contributed by atoms with Gasteiger partial charge < -0.3 is 10.2 Å². The Morgan fingerprint density at radius 2 is 1.94 bits per heavy atom. The Kier molecular flexibility index (Phi) is 8.24. The number of carbonyl (C=O) groups excluding carboxylic acids is 1. The summed E-state index contributed by atoms with van der Waals surface area (Å²) in [7, 11) is 3.76. The van der Waals surface area contributed by atoms with E-state index in [1.807, 2.05) is 30.8 Å². The molecule has 0 bridgehead atoms. The van der Waals surface area contributed by atoms with E-state index in [1.54, 1.807) is 0 Å². The number of hydrogen-bond acceptors (Lipinski definition) is 4. The van der Waals surface area contributed by atoms with Crippen molar-refractivity contribution in [2.75, 3.05) is 32.1 Å². The molecule has 17 heavy (non-hydrogen) atoms. The van der Waals surface area contributed by atoms with E-state index in [0.717, 1.165) is 16.6 Å². The topological polar surface area (TPSA) is 32.3 Å². The first-order valence-electron chi connectivity index (χ1n) is 5.47. The van der Waals surface area contributed by atoms with Crippen molar-refractivity contribution in [1.29, 1.82) is 0 Å². The lowest BCUT2D eigenvalue weighted by Crippen LogP contribution is -2.29. The molecule has 0 aromatic rings. The second-order valence-corrected chi connectivity index (χ2v) is 8.29. The maximum atomic E-state index is 11.5. The van der Waals surface area contributed by atoms with Gasteiger partial charge in [0.2, 0.25) is 5.91 Å². The Balaban J connectivity index is 3.58. The van der Waals surface area contributed by atoms with E-state index in [4.69, 9.17) is 12.2 Å². The van der Waals surface area contributed by atoms with Crippen molar-refractivity contribution in [3.63, 3.8) is 0 Å². The third kappa shape index (κ3) is 10.9. The summed E-state index contributed by atoms with van der Waals surface area (Å²) in [5.41, 5.74) is 0. The van der Waals surface area contributed by atoms with E-state index in [2.05, 4.69) is 26.1 Å². The van der Waals surface area contributed by atoms with Crippen molar-refractivity contribution in [3.8, 4) is 0 Å². The van der Waals surface area contributed by atoms with Crippen LogP contribution in [0, 0.1) is 0 Å². The molecule has 0 saturated heterocycles. The predicted octanol–water partition coefficient (Wildman–Crippen LogP) is 2.21. The summed E-state index contributed by atoms with van der Waals surface area (Å²) >= 11 is 8.33. The summed E-state index contributed by atoms with van der Waals surface area (Å²) in [6.07, 6.45) is 0. The summed E-state index contributed by atoms with van der Waals surface area (Å²) < 4.78 is 0.996. The molecule has 0 aliphatic heterocycles. The molecule has 100 valence electrons. The summed E-state index contributed by atoms with van der Waals surface area (Å²) in [6.45, 7) is 7.23. The first-order valence-corrected chi connectivity index (χ1v) is 7.85. The van der Waals surface area contributed by atoms with Gasteiger partial charge in [0.15, 0.2) is 0 Å². The summed E-state index contributed by atoms with van der Waals surface area (Å²) in [5, 5.41) is 2.89. The summed E-state index contributed by atoms with van der Waals surface area (Å²) in [6, 6.07) is 0. The highest BCUT2D eigenvalue weighted by Gasteiger charge is 2.10. The molecule has 6 heteroatoms. The van der Waals surface area contributed by atoms with Gasteiger partial charge in [-0.25, -0.2) is 0 Å². The second kappa shape index (κ2) is 8.21. The van der Waals surface area contributed by atoms with Crippen LogP contribution in [0.3, 0.4) is 0 Å². The molecule has 0 aliphatic carbocycles. The summed E-state index contributed by atoms with van der Waals surface area (Å²) in [5.74, 6) is 1.39. The van der Waals surface area contributed by atoms with Crippen molar-refractivity contribution in [2.45, 2.75) is 25.5 Å². The third-order valence-electron chi connectivity index (χ3n) is 1.65. The van der Waals surface area contributed by atoms with Crippen LogP contribution in [0.25, 0.3) is 0 Å². The van der Waals surface area contributed by atoms with Crippen LogP contribution in [0.4, 0.5) is 0 Å². The zero-order valence-electron chi connectivity index (χ0n) is 11.2. The van der Waals surface area contributed by atoms with E-state index in [9.17, 15) is 4.79 Å². The zero-order valence-corrected chi connectivity index (χ0v) is 13.7. The minimum atomic E-state index is 0.0497. The minimum absolute atomic E-state index is 0.0497. The van der Waals surface area contributed by atoms with Gasteiger partial charge in [-0.2, -0.15) is 11.8 Å². The Morgan fingerprint density at radius 3 is 2.41 bits per heavy atom. The van der Waals surface area contributed by atoms with Gasteiger partial charge in [-0.05, 0) is 0 Å². The minimum Gasteiger partial charge on any atom is -0.364 e. The Bertz CT molecular complexity index is 262. The highest BCUT2D eigenvalue weighted by molar-refractivity contribution is 8.23. The molecule has 3 nitrogen and oxygen atoms in total. The second-order valence-electron chi connectivity index (χ2n) is 4.76. The van der Waals surface area contributed by atoms with Crippen LogP contribution in [-0.4, -0.2) is 52.0 Å². The van der Waals surface area contributed by atoms with Crippen molar-refractivity contribution in [2.24, 2.45) is 0 Å². The molecule has 0 heterocycles. The molecular formula is C11H22N2OS3. The van der Waals surface area contributed by atoms with Gasteiger partial charge in [-0.1, -0.05) is 44.8 Å². The molecule has 0 rings (SSSR count). The largest absolute Gasteiger partial charge is 0.364 e. The standard InChI is InChI=1S/C11H22N2OS3/c1-11(2,3)17-7-6-12-9(14)8-16-10(15)13(4)5/h6-8H2,1-5H3,(H,12,14). The van der Waals surface area contributed by atoms with Gasteiger partial charge in [0.25, 0.3) is 0 Å². The van der Waals surface area contributed by atoms with Crippen molar-refractivity contribution in [3.05, 3.63) is 0 Å². The number of amides is 1. The molecule has 0 radical (unpaired) electrons. The average Bonchev–Trinajstić information content (AvgIpc) is 2.19.